The first-order valence-electron chi connectivity index (χ1n) is 4.97. The number of oxazole rings is 1. The standard InChI is InChI=1S/C13H6ClFNO/c14-8-4-3-5-9(15)12(8)13-16-10-6-1-2-7-11(10)17-13/h2-7H. The highest BCUT2D eigenvalue weighted by Crippen LogP contribution is 2.31. The van der Waals surface area contributed by atoms with Crippen LogP contribution in [-0.4, -0.2) is 4.98 Å². The summed E-state index contributed by atoms with van der Waals surface area (Å²) in [5, 5.41) is 0.278. The van der Waals surface area contributed by atoms with E-state index in [1.807, 2.05) is 0 Å². The van der Waals surface area contributed by atoms with E-state index in [0.29, 0.717) is 11.1 Å². The molecule has 0 saturated carbocycles. The van der Waals surface area contributed by atoms with E-state index in [1.165, 1.54) is 12.1 Å². The molecule has 3 aromatic rings. The molecule has 0 aliphatic carbocycles. The van der Waals surface area contributed by atoms with Gasteiger partial charge < -0.3 is 4.42 Å². The molecule has 17 heavy (non-hydrogen) atoms. The lowest BCUT2D eigenvalue weighted by atomic mass is 10.2. The number of rotatable bonds is 1. The van der Waals surface area contributed by atoms with E-state index in [1.54, 1.807) is 24.3 Å². The smallest absolute Gasteiger partial charge is 0.231 e. The lowest BCUT2D eigenvalue weighted by molar-refractivity contribution is 0.594. The van der Waals surface area contributed by atoms with Gasteiger partial charge in [-0.15, -0.1) is 0 Å². The number of hydrogen-bond acceptors (Lipinski definition) is 2. The van der Waals surface area contributed by atoms with Crippen LogP contribution >= 0.6 is 11.6 Å². The molecular weight excluding hydrogens is 241 g/mol. The molecule has 1 radical (unpaired) electrons. The first-order chi connectivity index (χ1) is 8.25. The van der Waals surface area contributed by atoms with Gasteiger partial charge in [-0.3, -0.25) is 0 Å². The molecule has 0 atom stereocenters. The maximum atomic E-state index is 13.7. The molecule has 4 heteroatoms. The van der Waals surface area contributed by atoms with E-state index in [9.17, 15) is 4.39 Å². The summed E-state index contributed by atoms with van der Waals surface area (Å²) < 4.78 is 19.1. The van der Waals surface area contributed by atoms with Crippen molar-refractivity contribution in [2.45, 2.75) is 0 Å². The zero-order valence-electron chi connectivity index (χ0n) is 8.58. The zero-order valence-corrected chi connectivity index (χ0v) is 9.33. The Morgan fingerprint density at radius 1 is 1.29 bits per heavy atom. The van der Waals surface area contributed by atoms with Gasteiger partial charge in [0.2, 0.25) is 5.89 Å². The van der Waals surface area contributed by atoms with Gasteiger partial charge in [0.1, 0.15) is 11.3 Å². The van der Waals surface area contributed by atoms with Crippen molar-refractivity contribution in [3.63, 3.8) is 0 Å². The number of halogens is 2. The van der Waals surface area contributed by atoms with Crippen LogP contribution in [0.1, 0.15) is 0 Å². The quantitative estimate of drug-likeness (QED) is 0.646. The molecule has 0 N–H and O–H groups in total. The van der Waals surface area contributed by atoms with E-state index in [-0.39, 0.29) is 16.5 Å². The average Bonchev–Trinajstić information content (AvgIpc) is 2.71. The fourth-order valence-electron chi connectivity index (χ4n) is 1.63. The number of nitrogens with zero attached hydrogens (tertiary/aromatic N) is 1. The highest BCUT2D eigenvalue weighted by Gasteiger charge is 2.15. The Morgan fingerprint density at radius 3 is 2.94 bits per heavy atom. The van der Waals surface area contributed by atoms with Crippen molar-refractivity contribution in [3.8, 4) is 11.5 Å². The second-order valence-corrected chi connectivity index (χ2v) is 3.92. The summed E-state index contributed by atoms with van der Waals surface area (Å²) in [5.41, 5.74) is 1.39. The molecule has 2 nitrogen and oxygen atoms in total. The topological polar surface area (TPSA) is 26.0 Å². The predicted molar refractivity (Wildman–Crippen MR) is 63.2 cm³/mol. The molecule has 0 aliphatic rings. The van der Waals surface area contributed by atoms with Crippen LogP contribution in [0.5, 0.6) is 0 Å². The van der Waals surface area contributed by atoms with E-state index in [0.717, 1.165) is 0 Å². The number of aromatic nitrogens is 1. The molecule has 0 aliphatic heterocycles. The lowest BCUT2D eigenvalue weighted by Gasteiger charge is -1.99. The summed E-state index contributed by atoms with van der Waals surface area (Å²) in [4.78, 5) is 4.18. The molecule has 0 unspecified atom stereocenters. The average molecular weight is 247 g/mol. The van der Waals surface area contributed by atoms with Gasteiger partial charge in [-0.05, 0) is 30.3 Å². The Hall–Kier alpha value is -1.87. The summed E-state index contributed by atoms with van der Waals surface area (Å²) in [7, 11) is 0. The predicted octanol–water partition coefficient (Wildman–Crippen LogP) is 4.09. The molecule has 0 spiro atoms. The van der Waals surface area contributed by atoms with Crippen molar-refractivity contribution in [2.24, 2.45) is 0 Å². The second kappa shape index (κ2) is 3.86. The SMILES string of the molecule is Fc1cccc(Cl)c1-c1nc2c[c]ccc2o1. The Bertz CT molecular complexity index is 639. The van der Waals surface area contributed by atoms with Gasteiger partial charge in [-0.2, -0.15) is 0 Å². The van der Waals surface area contributed by atoms with Crippen LogP contribution in [-0.2, 0) is 0 Å². The van der Waals surface area contributed by atoms with Gasteiger partial charge >= 0.3 is 0 Å². The minimum Gasteiger partial charge on any atom is -0.436 e. The summed E-state index contributed by atoms with van der Waals surface area (Å²) in [6.45, 7) is 0. The zero-order chi connectivity index (χ0) is 11.8. The molecule has 0 saturated heterocycles. The Labute approximate surface area is 102 Å². The molecular formula is C13H6ClFNO. The summed E-state index contributed by atoms with van der Waals surface area (Å²) in [6, 6.07) is 12.4. The van der Waals surface area contributed by atoms with Crippen molar-refractivity contribution in [3.05, 3.63) is 53.3 Å². The maximum Gasteiger partial charge on any atom is 0.231 e. The van der Waals surface area contributed by atoms with Gasteiger partial charge in [-0.25, -0.2) is 9.37 Å². The van der Waals surface area contributed by atoms with Gasteiger partial charge in [-0.1, -0.05) is 23.7 Å². The van der Waals surface area contributed by atoms with Gasteiger partial charge in [0, 0.05) is 0 Å². The molecule has 1 aromatic heterocycles. The third-order valence-electron chi connectivity index (χ3n) is 2.41. The molecule has 2 aromatic carbocycles. The fourth-order valence-corrected chi connectivity index (χ4v) is 1.87. The fraction of sp³-hybridized carbons (Fsp3) is 0. The van der Waals surface area contributed by atoms with Crippen LogP contribution < -0.4 is 0 Å². The normalized spacial score (nSPS) is 10.9. The van der Waals surface area contributed by atoms with Crippen LogP contribution in [0, 0.1) is 11.9 Å². The van der Waals surface area contributed by atoms with Gasteiger partial charge in [0.25, 0.3) is 0 Å². The molecule has 0 bridgehead atoms. The van der Waals surface area contributed by atoms with Crippen molar-refractivity contribution >= 4 is 22.7 Å². The van der Waals surface area contributed by atoms with Crippen molar-refractivity contribution in [1.82, 2.24) is 4.98 Å². The largest absolute Gasteiger partial charge is 0.436 e. The minimum absolute atomic E-state index is 0.183. The van der Waals surface area contributed by atoms with E-state index < -0.39 is 5.82 Å². The Balaban J connectivity index is 2.27. The van der Waals surface area contributed by atoms with Gasteiger partial charge in [0.05, 0.1) is 10.6 Å². The maximum absolute atomic E-state index is 13.7. The molecule has 1 heterocycles. The Kier molecular flexibility index (Phi) is 2.34. The summed E-state index contributed by atoms with van der Waals surface area (Å²) >= 11 is 5.94. The molecule has 0 amide bonds. The van der Waals surface area contributed by atoms with Crippen molar-refractivity contribution in [2.75, 3.05) is 0 Å². The van der Waals surface area contributed by atoms with Crippen molar-refractivity contribution in [1.29, 1.82) is 0 Å². The number of benzene rings is 2. The Morgan fingerprint density at radius 2 is 2.18 bits per heavy atom. The van der Waals surface area contributed by atoms with E-state index in [4.69, 9.17) is 16.0 Å². The second-order valence-electron chi connectivity index (χ2n) is 3.51. The summed E-state index contributed by atoms with van der Waals surface area (Å²) in [5.74, 6) is -0.268. The van der Waals surface area contributed by atoms with Gasteiger partial charge in [0.15, 0.2) is 5.58 Å². The highest BCUT2D eigenvalue weighted by molar-refractivity contribution is 6.33. The van der Waals surface area contributed by atoms with Crippen molar-refractivity contribution < 1.29 is 8.81 Å². The number of hydrogen-bond donors (Lipinski definition) is 0. The minimum atomic E-state index is -0.451. The highest BCUT2D eigenvalue weighted by atomic mass is 35.5. The molecule has 0 fully saturated rings. The van der Waals surface area contributed by atoms with Crippen LogP contribution in [0.25, 0.3) is 22.6 Å². The van der Waals surface area contributed by atoms with Crippen LogP contribution in [0.4, 0.5) is 4.39 Å². The molecule has 83 valence electrons. The first kappa shape index (κ1) is 10.3. The molecule has 3 rings (SSSR count). The number of fused-ring (bicyclic) bond motifs is 1. The lowest BCUT2D eigenvalue weighted by Crippen LogP contribution is -1.85. The third kappa shape index (κ3) is 1.68. The van der Waals surface area contributed by atoms with Crippen LogP contribution in [0.3, 0.4) is 0 Å². The van der Waals surface area contributed by atoms with E-state index in [2.05, 4.69) is 11.1 Å². The summed E-state index contributed by atoms with van der Waals surface area (Å²) in [6.07, 6.45) is 0. The monoisotopic (exact) mass is 246 g/mol. The van der Waals surface area contributed by atoms with Crippen LogP contribution in [0.2, 0.25) is 5.02 Å². The first-order valence-corrected chi connectivity index (χ1v) is 5.34. The van der Waals surface area contributed by atoms with E-state index >= 15 is 0 Å². The third-order valence-corrected chi connectivity index (χ3v) is 2.72. The van der Waals surface area contributed by atoms with Crippen LogP contribution in [0.15, 0.2) is 40.8 Å².